The van der Waals surface area contributed by atoms with Crippen molar-refractivity contribution in [2.24, 2.45) is 0 Å². The third-order valence-corrected chi connectivity index (χ3v) is 4.54. The molecule has 0 aliphatic carbocycles. The molecule has 0 aromatic rings. The van der Waals surface area contributed by atoms with E-state index in [-0.39, 0.29) is 36.1 Å². The molecule has 0 saturated carbocycles. The summed E-state index contributed by atoms with van der Waals surface area (Å²) in [6, 6.07) is 0. The van der Waals surface area contributed by atoms with E-state index in [1.807, 2.05) is 11.9 Å². The van der Waals surface area contributed by atoms with Crippen LogP contribution in [0.2, 0.25) is 0 Å². The zero-order valence-electron chi connectivity index (χ0n) is 16.8. The van der Waals surface area contributed by atoms with Gasteiger partial charge in [-0.2, -0.15) is 0 Å². The number of carbonyl (C=O) groups is 1. The van der Waals surface area contributed by atoms with E-state index < -0.39 is 5.97 Å². The van der Waals surface area contributed by atoms with Gasteiger partial charge in [-0.3, -0.25) is 0 Å². The molecule has 0 fully saturated rings. The van der Waals surface area contributed by atoms with E-state index in [0.29, 0.717) is 0 Å². The van der Waals surface area contributed by atoms with Crippen LogP contribution in [0, 0.1) is 0 Å². The quantitative estimate of drug-likeness (QED) is 0.278. The maximum atomic E-state index is 10.4. The molecule has 0 bridgehead atoms. The van der Waals surface area contributed by atoms with E-state index in [1.165, 1.54) is 89.9 Å². The van der Waals surface area contributed by atoms with E-state index >= 15 is 0 Å². The van der Waals surface area contributed by atoms with Gasteiger partial charge in [-0.05, 0) is 20.0 Å². The Morgan fingerprint density at radius 2 is 1.04 bits per heavy atom. The summed E-state index contributed by atoms with van der Waals surface area (Å²) in [5.74, 6) is -0.978. The topological polar surface area (TPSA) is 43.4 Å². The van der Waals surface area contributed by atoms with Crippen LogP contribution in [-0.4, -0.2) is 31.0 Å². The summed E-state index contributed by atoms with van der Waals surface area (Å²) >= 11 is 0. The number of hydrogen-bond acceptors (Lipinski definition) is 3. The maximum Gasteiger partial charge on any atom is 1.00 e. The first-order chi connectivity index (χ1) is 11.2. The van der Waals surface area contributed by atoms with E-state index in [4.69, 9.17) is 0 Å². The van der Waals surface area contributed by atoms with Crippen molar-refractivity contribution >= 4 is 5.97 Å². The number of aliphatic carboxylic acids is 1. The maximum absolute atomic E-state index is 10.4. The van der Waals surface area contributed by atoms with Crippen LogP contribution in [0.15, 0.2) is 0 Å². The van der Waals surface area contributed by atoms with Crippen molar-refractivity contribution in [3.8, 4) is 0 Å². The largest absolute Gasteiger partial charge is 1.00 e. The molecule has 0 heterocycles. The van der Waals surface area contributed by atoms with Crippen LogP contribution in [0.25, 0.3) is 0 Å². The molecule has 24 heavy (non-hydrogen) atoms. The summed E-state index contributed by atoms with van der Waals surface area (Å²) < 4.78 is 0. The van der Waals surface area contributed by atoms with Gasteiger partial charge >= 0.3 is 29.6 Å². The van der Waals surface area contributed by atoms with Gasteiger partial charge in [0.25, 0.3) is 0 Å². The molecule has 0 radical (unpaired) electrons. The average molecular weight is 350 g/mol. The number of carbonyl (C=O) groups excluding carboxylic acids is 1. The Labute approximate surface area is 173 Å². The number of nitrogens with zero attached hydrogens (tertiary/aromatic N) is 1. The summed E-state index contributed by atoms with van der Waals surface area (Å²) in [5, 5.41) is 10.4. The van der Waals surface area contributed by atoms with Gasteiger partial charge < -0.3 is 14.8 Å². The van der Waals surface area contributed by atoms with Crippen LogP contribution in [0.4, 0.5) is 0 Å². The number of unbranched alkanes of at least 4 members (excludes halogenated alkanes) is 14. The summed E-state index contributed by atoms with van der Waals surface area (Å²) in [7, 11) is 1.85. The smallest absolute Gasteiger partial charge is 0.549 e. The predicted octanol–water partition coefficient (Wildman–Crippen LogP) is 1.54. The molecule has 138 valence electrons. The first-order valence-electron chi connectivity index (χ1n) is 10.0. The SMILES string of the molecule is CCCCCCCCCCCCCCCCCN(C)CC(=O)[O-].[Na+]. The zero-order valence-corrected chi connectivity index (χ0v) is 18.8. The number of hydrogen-bond donors (Lipinski definition) is 0. The molecule has 0 aliphatic rings. The summed E-state index contributed by atoms with van der Waals surface area (Å²) in [6.07, 6.45) is 20.4. The van der Waals surface area contributed by atoms with Gasteiger partial charge in [0.2, 0.25) is 0 Å². The van der Waals surface area contributed by atoms with Crippen LogP contribution in [0.1, 0.15) is 103 Å². The van der Waals surface area contributed by atoms with E-state index in [9.17, 15) is 9.90 Å². The van der Waals surface area contributed by atoms with Crippen LogP contribution < -0.4 is 34.7 Å². The van der Waals surface area contributed by atoms with Gasteiger partial charge in [-0.1, -0.05) is 96.8 Å². The molecule has 0 rings (SSSR count). The Morgan fingerprint density at radius 3 is 1.38 bits per heavy atom. The van der Waals surface area contributed by atoms with Crippen molar-refractivity contribution in [3.05, 3.63) is 0 Å². The number of likely N-dealkylation sites (N-methyl/N-ethyl adjacent to an activating group) is 1. The molecule has 0 atom stereocenters. The molecule has 0 aromatic carbocycles. The molecule has 4 heteroatoms. The normalized spacial score (nSPS) is 10.8. The van der Waals surface area contributed by atoms with Crippen LogP contribution >= 0.6 is 0 Å². The molecule has 0 spiro atoms. The third-order valence-electron chi connectivity index (χ3n) is 4.54. The van der Waals surface area contributed by atoms with Crippen molar-refractivity contribution in [1.29, 1.82) is 0 Å². The second-order valence-electron chi connectivity index (χ2n) is 7.06. The molecule has 3 nitrogen and oxygen atoms in total. The van der Waals surface area contributed by atoms with Gasteiger partial charge in [-0.15, -0.1) is 0 Å². The number of carboxylic acid groups (broad SMARTS) is 1. The van der Waals surface area contributed by atoms with Crippen molar-refractivity contribution in [2.75, 3.05) is 20.1 Å². The number of carboxylic acids is 1. The van der Waals surface area contributed by atoms with Crippen molar-refractivity contribution in [1.82, 2.24) is 4.90 Å². The average Bonchev–Trinajstić information content (AvgIpc) is 2.50. The Kier molecular flexibility index (Phi) is 23.8. The zero-order chi connectivity index (χ0) is 17.2. The van der Waals surface area contributed by atoms with E-state index in [2.05, 4.69) is 6.92 Å². The van der Waals surface area contributed by atoms with Gasteiger partial charge in [0, 0.05) is 6.54 Å². The second kappa shape index (κ2) is 21.5. The van der Waals surface area contributed by atoms with E-state index in [1.54, 1.807) is 0 Å². The number of rotatable bonds is 18. The molecular formula is C20H40NNaO2. The van der Waals surface area contributed by atoms with Crippen molar-refractivity contribution in [2.45, 2.75) is 103 Å². The minimum absolute atomic E-state index is 0. The second-order valence-corrected chi connectivity index (χ2v) is 7.06. The molecule has 0 aliphatic heterocycles. The Morgan fingerprint density at radius 1 is 0.708 bits per heavy atom. The molecule has 0 saturated heterocycles. The first kappa shape index (κ1) is 26.7. The predicted molar refractivity (Wildman–Crippen MR) is 97.4 cm³/mol. The van der Waals surface area contributed by atoms with E-state index in [0.717, 1.165) is 13.0 Å². The van der Waals surface area contributed by atoms with Gasteiger partial charge in [0.1, 0.15) is 0 Å². The monoisotopic (exact) mass is 349 g/mol. The summed E-state index contributed by atoms with van der Waals surface area (Å²) in [5.41, 5.74) is 0. The Balaban J connectivity index is 0. The Bertz CT molecular complexity index is 262. The van der Waals surface area contributed by atoms with Crippen LogP contribution in [0.5, 0.6) is 0 Å². The van der Waals surface area contributed by atoms with Gasteiger partial charge in [0.05, 0.1) is 5.97 Å². The van der Waals surface area contributed by atoms with Crippen LogP contribution in [-0.2, 0) is 4.79 Å². The standard InChI is InChI=1S/C20H41NO2.Na/c1-3-4-5-6-7-8-9-10-11-12-13-14-15-16-17-18-21(2)19-20(22)23;/h3-19H2,1-2H3,(H,22,23);/q;+1/p-1. The van der Waals surface area contributed by atoms with Crippen LogP contribution in [0.3, 0.4) is 0 Å². The molecular weight excluding hydrogens is 309 g/mol. The fraction of sp³-hybridized carbons (Fsp3) is 0.950. The van der Waals surface area contributed by atoms with Crippen molar-refractivity contribution in [3.63, 3.8) is 0 Å². The fourth-order valence-corrected chi connectivity index (χ4v) is 3.05. The molecule has 0 unspecified atom stereocenters. The third kappa shape index (κ3) is 22.4. The van der Waals surface area contributed by atoms with Gasteiger partial charge in [-0.25, -0.2) is 0 Å². The molecule has 0 aromatic heterocycles. The minimum atomic E-state index is -0.978. The van der Waals surface area contributed by atoms with Crippen molar-refractivity contribution < 1.29 is 39.5 Å². The minimum Gasteiger partial charge on any atom is -0.549 e. The fourth-order valence-electron chi connectivity index (χ4n) is 3.05. The summed E-state index contributed by atoms with van der Waals surface area (Å²) in [4.78, 5) is 12.2. The summed E-state index contributed by atoms with van der Waals surface area (Å²) in [6.45, 7) is 3.19. The van der Waals surface area contributed by atoms with Gasteiger partial charge in [0.15, 0.2) is 0 Å². The molecule has 0 N–H and O–H groups in total. The first-order valence-corrected chi connectivity index (χ1v) is 10.0. The Hall–Kier alpha value is 0.430. The molecule has 0 amide bonds.